The molecule has 15 heavy (non-hydrogen) atoms. The normalized spacial score (nSPS) is 31.0. The van der Waals surface area contributed by atoms with Gasteiger partial charge in [0.05, 0.1) is 6.10 Å². The minimum Gasteiger partial charge on any atom is -0.377 e. The van der Waals surface area contributed by atoms with E-state index in [0.29, 0.717) is 0 Å². The van der Waals surface area contributed by atoms with Gasteiger partial charge in [-0.3, -0.25) is 0 Å². The first-order chi connectivity index (χ1) is 7.10. The second-order valence-electron chi connectivity index (χ2n) is 4.53. The molecule has 0 spiro atoms. The number of H-pyrrole nitrogens is 1. The van der Waals surface area contributed by atoms with E-state index in [2.05, 4.69) is 29.1 Å². The molecule has 1 aliphatic rings. The Hall–Kier alpha value is -0.870. The van der Waals surface area contributed by atoms with Gasteiger partial charge in [0.1, 0.15) is 5.82 Å². The number of imidazole rings is 1. The van der Waals surface area contributed by atoms with E-state index in [-0.39, 0.29) is 11.6 Å². The van der Waals surface area contributed by atoms with E-state index in [0.717, 1.165) is 31.1 Å². The molecule has 1 aromatic rings. The van der Waals surface area contributed by atoms with Crippen molar-refractivity contribution in [2.24, 2.45) is 0 Å². The molecule has 2 atom stereocenters. The molecule has 1 aliphatic heterocycles. The summed E-state index contributed by atoms with van der Waals surface area (Å²) >= 11 is 0. The minimum absolute atomic E-state index is 0.0962. The predicted molar refractivity (Wildman–Crippen MR) is 58.6 cm³/mol. The lowest BCUT2D eigenvalue weighted by Crippen LogP contribution is -2.47. The Labute approximate surface area is 90.4 Å². The number of ether oxygens (including phenoxy) is 1. The van der Waals surface area contributed by atoms with E-state index in [1.54, 1.807) is 0 Å². The van der Waals surface area contributed by atoms with Crippen LogP contribution in [-0.4, -0.2) is 28.2 Å². The molecule has 1 saturated heterocycles. The second-order valence-corrected chi connectivity index (χ2v) is 4.53. The van der Waals surface area contributed by atoms with Gasteiger partial charge in [-0.25, -0.2) is 4.98 Å². The van der Waals surface area contributed by atoms with Crippen molar-refractivity contribution in [3.05, 3.63) is 17.7 Å². The third kappa shape index (κ3) is 2.21. The summed E-state index contributed by atoms with van der Waals surface area (Å²) in [7, 11) is 0. The van der Waals surface area contributed by atoms with Crippen molar-refractivity contribution >= 4 is 0 Å². The van der Waals surface area contributed by atoms with Gasteiger partial charge in [-0.1, -0.05) is 0 Å². The first-order valence-electron chi connectivity index (χ1n) is 5.47. The van der Waals surface area contributed by atoms with Crippen LogP contribution in [0.4, 0.5) is 0 Å². The van der Waals surface area contributed by atoms with E-state index < -0.39 is 0 Å². The molecule has 4 nitrogen and oxygen atoms in total. The summed E-state index contributed by atoms with van der Waals surface area (Å²) in [6, 6.07) is 0. The van der Waals surface area contributed by atoms with Crippen molar-refractivity contribution in [3.8, 4) is 0 Å². The van der Waals surface area contributed by atoms with Crippen LogP contribution < -0.4 is 5.32 Å². The molecular weight excluding hydrogens is 190 g/mol. The summed E-state index contributed by atoms with van der Waals surface area (Å²) in [4.78, 5) is 7.39. The van der Waals surface area contributed by atoms with Crippen molar-refractivity contribution in [3.63, 3.8) is 0 Å². The summed E-state index contributed by atoms with van der Waals surface area (Å²) in [5.74, 6) is 0.965. The zero-order valence-corrected chi connectivity index (χ0v) is 9.63. The highest BCUT2D eigenvalue weighted by Crippen LogP contribution is 2.25. The fourth-order valence-electron chi connectivity index (χ4n) is 1.93. The van der Waals surface area contributed by atoms with Crippen molar-refractivity contribution in [1.29, 1.82) is 0 Å². The van der Waals surface area contributed by atoms with Crippen molar-refractivity contribution in [1.82, 2.24) is 15.3 Å². The van der Waals surface area contributed by atoms with Crippen LogP contribution in [0.25, 0.3) is 0 Å². The minimum atomic E-state index is 0.0962. The van der Waals surface area contributed by atoms with Gasteiger partial charge in [-0.15, -0.1) is 0 Å². The van der Waals surface area contributed by atoms with Gasteiger partial charge < -0.3 is 15.0 Å². The summed E-state index contributed by atoms with van der Waals surface area (Å²) < 4.78 is 5.57. The van der Waals surface area contributed by atoms with Crippen molar-refractivity contribution < 1.29 is 4.74 Å². The van der Waals surface area contributed by atoms with E-state index >= 15 is 0 Å². The van der Waals surface area contributed by atoms with Crippen LogP contribution in [0.5, 0.6) is 0 Å². The number of aryl methyl sites for hydroxylation is 1. The SMILES string of the molecule is Cc1ncc(CNC2(C)CCOC2C)[nH]1. The predicted octanol–water partition coefficient (Wildman–Crippen LogP) is 1.38. The van der Waals surface area contributed by atoms with Crippen LogP contribution in [-0.2, 0) is 11.3 Å². The molecule has 0 bridgehead atoms. The Morgan fingerprint density at radius 2 is 2.53 bits per heavy atom. The maximum absolute atomic E-state index is 5.57. The van der Waals surface area contributed by atoms with Gasteiger partial charge in [0.25, 0.3) is 0 Å². The van der Waals surface area contributed by atoms with Crippen LogP contribution in [0, 0.1) is 6.92 Å². The van der Waals surface area contributed by atoms with Crippen LogP contribution in [0.2, 0.25) is 0 Å². The summed E-state index contributed by atoms with van der Waals surface area (Å²) in [6.45, 7) is 7.98. The number of aromatic amines is 1. The van der Waals surface area contributed by atoms with Gasteiger partial charge >= 0.3 is 0 Å². The monoisotopic (exact) mass is 209 g/mol. The number of nitrogens with one attached hydrogen (secondary N) is 2. The zero-order valence-electron chi connectivity index (χ0n) is 9.63. The molecule has 4 heteroatoms. The number of rotatable bonds is 3. The molecule has 0 saturated carbocycles. The number of hydrogen-bond donors (Lipinski definition) is 2. The summed E-state index contributed by atoms with van der Waals surface area (Å²) in [5, 5.41) is 3.54. The fourth-order valence-corrected chi connectivity index (χ4v) is 1.93. The molecule has 2 heterocycles. The van der Waals surface area contributed by atoms with Crippen molar-refractivity contribution in [2.75, 3.05) is 6.61 Å². The third-order valence-corrected chi connectivity index (χ3v) is 3.32. The van der Waals surface area contributed by atoms with E-state index in [9.17, 15) is 0 Å². The lowest BCUT2D eigenvalue weighted by atomic mass is 9.95. The average molecular weight is 209 g/mol. The lowest BCUT2D eigenvalue weighted by molar-refractivity contribution is 0.0880. The van der Waals surface area contributed by atoms with Gasteiger partial charge in [-0.05, 0) is 27.2 Å². The van der Waals surface area contributed by atoms with Crippen LogP contribution in [0.1, 0.15) is 31.8 Å². The maximum atomic E-state index is 5.57. The number of aromatic nitrogens is 2. The van der Waals surface area contributed by atoms with E-state index in [4.69, 9.17) is 4.74 Å². The number of hydrogen-bond acceptors (Lipinski definition) is 3. The molecule has 2 rings (SSSR count). The maximum Gasteiger partial charge on any atom is 0.103 e. The van der Waals surface area contributed by atoms with Crippen LogP contribution in [0.3, 0.4) is 0 Å². The molecule has 1 aromatic heterocycles. The smallest absolute Gasteiger partial charge is 0.103 e. The van der Waals surface area contributed by atoms with Gasteiger partial charge in [0.2, 0.25) is 0 Å². The Morgan fingerprint density at radius 1 is 1.73 bits per heavy atom. The fraction of sp³-hybridized carbons (Fsp3) is 0.727. The zero-order chi connectivity index (χ0) is 10.9. The quantitative estimate of drug-likeness (QED) is 0.790. The first kappa shape index (κ1) is 10.6. The highest BCUT2D eigenvalue weighted by Gasteiger charge is 2.36. The molecule has 0 aromatic carbocycles. The number of nitrogens with zero attached hydrogens (tertiary/aromatic N) is 1. The second kappa shape index (κ2) is 3.94. The Kier molecular flexibility index (Phi) is 2.80. The standard InChI is InChI=1S/C11H19N3O/c1-8-11(3,4-5-15-8)13-7-10-6-12-9(2)14-10/h6,8,13H,4-5,7H2,1-3H3,(H,12,14). The molecule has 2 unspecified atom stereocenters. The molecular formula is C11H19N3O. The molecule has 2 N–H and O–H groups in total. The highest BCUT2D eigenvalue weighted by molar-refractivity contribution is 5.02. The Bertz CT molecular complexity index is 336. The first-order valence-corrected chi connectivity index (χ1v) is 5.47. The summed E-state index contributed by atoms with van der Waals surface area (Å²) in [6.07, 6.45) is 3.23. The molecule has 0 radical (unpaired) electrons. The van der Waals surface area contributed by atoms with Gasteiger partial charge in [0.15, 0.2) is 0 Å². The molecule has 1 fully saturated rings. The average Bonchev–Trinajstić information content (AvgIpc) is 2.73. The third-order valence-electron chi connectivity index (χ3n) is 3.32. The molecule has 84 valence electrons. The molecule has 0 aliphatic carbocycles. The highest BCUT2D eigenvalue weighted by atomic mass is 16.5. The topological polar surface area (TPSA) is 49.9 Å². The van der Waals surface area contributed by atoms with Crippen LogP contribution >= 0.6 is 0 Å². The molecule has 0 amide bonds. The summed E-state index contributed by atoms with van der Waals surface area (Å²) in [5.41, 5.74) is 1.23. The van der Waals surface area contributed by atoms with E-state index in [1.807, 2.05) is 13.1 Å². The van der Waals surface area contributed by atoms with Crippen molar-refractivity contribution in [2.45, 2.75) is 45.4 Å². The Morgan fingerprint density at radius 3 is 3.07 bits per heavy atom. The van der Waals surface area contributed by atoms with Crippen LogP contribution in [0.15, 0.2) is 6.20 Å². The Balaban J connectivity index is 1.92. The van der Waals surface area contributed by atoms with Gasteiger partial charge in [-0.2, -0.15) is 0 Å². The largest absolute Gasteiger partial charge is 0.377 e. The van der Waals surface area contributed by atoms with E-state index in [1.165, 1.54) is 0 Å². The lowest BCUT2D eigenvalue weighted by Gasteiger charge is -2.28. The van der Waals surface area contributed by atoms with Gasteiger partial charge in [0, 0.05) is 30.6 Å².